The van der Waals surface area contributed by atoms with Gasteiger partial charge in [-0.3, -0.25) is 4.98 Å². The topological polar surface area (TPSA) is 51.8 Å². The SMILES string of the molecule is CCCc1nc(N)sc1Cc1cncc(F)c1. The zero-order chi connectivity index (χ0) is 12.3. The molecule has 0 saturated carbocycles. The van der Waals surface area contributed by atoms with Crippen LogP contribution in [0.25, 0.3) is 0 Å². The maximum atomic E-state index is 13.0. The number of halogens is 1. The monoisotopic (exact) mass is 251 g/mol. The zero-order valence-corrected chi connectivity index (χ0v) is 10.4. The quantitative estimate of drug-likeness (QED) is 0.909. The van der Waals surface area contributed by atoms with Crippen LogP contribution in [-0.2, 0) is 12.8 Å². The molecular formula is C12H14FN3S. The first-order valence-electron chi connectivity index (χ1n) is 5.52. The van der Waals surface area contributed by atoms with Gasteiger partial charge in [-0.05, 0) is 18.1 Å². The number of hydrogen-bond donors (Lipinski definition) is 1. The smallest absolute Gasteiger partial charge is 0.180 e. The van der Waals surface area contributed by atoms with Crippen molar-refractivity contribution in [3.8, 4) is 0 Å². The highest BCUT2D eigenvalue weighted by atomic mass is 32.1. The van der Waals surface area contributed by atoms with Crippen LogP contribution < -0.4 is 5.73 Å². The zero-order valence-electron chi connectivity index (χ0n) is 9.61. The van der Waals surface area contributed by atoms with Gasteiger partial charge in [0.15, 0.2) is 5.13 Å². The van der Waals surface area contributed by atoms with Crippen molar-refractivity contribution in [3.63, 3.8) is 0 Å². The van der Waals surface area contributed by atoms with Gasteiger partial charge in [-0.15, -0.1) is 11.3 Å². The lowest BCUT2D eigenvalue weighted by molar-refractivity contribution is 0.619. The van der Waals surface area contributed by atoms with E-state index < -0.39 is 0 Å². The highest BCUT2D eigenvalue weighted by Crippen LogP contribution is 2.24. The first-order chi connectivity index (χ1) is 8.19. The maximum absolute atomic E-state index is 13.0. The highest BCUT2D eigenvalue weighted by molar-refractivity contribution is 7.15. The minimum Gasteiger partial charge on any atom is -0.375 e. The second-order valence-electron chi connectivity index (χ2n) is 3.86. The molecule has 0 saturated heterocycles. The average molecular weight is 251 g/mol. The van der Waals surface area contributed by atoms with E-state index in [2.05, 4.69) is 16.9 Å². The first kappa shape index (κ1) is 12.0. The molecule has 0 atom stereocenters. The van der Waals surface area contributed by atoms with Gasteiger partial charge in [-0.1, -0.05) is 13.3 Å². The fourth-order valence-corrected chi connectivity index (χ4v) is 2.62. The molecule has 0 bridgehead atoms. The van der Waals surface area contributed by atoms with Crippen molar-refractivity contribution in [1.82, 2.24) is 9.97 Å². The van der Waals surface area contributed by atoms with Gasteiger partial charge in [0, 0.05) is 17.5 Å². The third-order valence-corrected chi connectivity index (χ3v) is 3.33. The normalized spacial score (nSPS) is 10.7. The van der Waals surface area contributed by atoms with E-state index in [1.54, 1.807) is 6.20 Å². The molecule has 2 N–H and O–H groups in total. The molecule has 2 heterocycles. The molecule has 2 aromatic heterocycles. The van der Waals surface area contributed by atoms with E-state index in [-0.39, 0.29) is 5.82 Å². The molecule has 5 heteroatoms. The summed E-state index contributed by atoms with van der Waals surface area (Å²) in [6.45, 7) is 2.10. The van der Waals surface area contributed by atoms with E-state index in [4.69, 9.17) is 5.73 Å². The van der Waals surface area contributed by atoms with Gasteiger partial charge in [0.25, 0.3) is 0 Å². The van der Waals surface area contributed by atoms with E-state index in [0.29, 0.717) is 11.6 Å². The standard InChI is InChI=1S/C12H14FN3S/c1-2-3-10-11(17-12(14)16-10)5-8-4-9(13)7-15-6-8/h4,6-7H,2-3,5H2,1H3,(H2,14,16). The molecule has 3 nitrogen and oxygen atoms in total. The third-order valence-electron chi connectivity index (χ3n) is 2.41. The van der Waals surface area contributed by atoms with Gasteiger partial charge < -0.3 is 5.73 Å². The number of thiazole rings is 1. The third kappa shape index (κ3) is 3.00. The Morgan fingerprint density at radius 3 is 2.94 bits per heavy atom. The van der Waals surface area contributed by atoms with Crippen LogP contribution in [0.4, 0.5) is 9.52 Å². The molecule has 2 aromatic rings. The van der Waals surface area contributed by atoms with Crippen molar-refractivity contribution in [2.24, 2.45) is 0 Å². The Morgan fingerprint density at radius 1 is 1.41 bits per heavy atom. The van der Waals surface area contributed by atoms with Crippen LogP contribution >= 0.6 is 11.3 Å². The Bertz CT molecular complexity index is 510. The van der Waals surface area contributed by atoms with Crippen LogP contribution in [0.5, 0.6) is 0 Å². The number of nitrogens with zero attached hydrogens (tertiary/aromatic N) is 2. The number of nitrogens with two attached hydrogens (primary N) is 1. The highest BCUT2D eigenvalue weighted by Gasteiger charge is 2.10. The van der Waals surface area contributed by atoms with Crippen LogP contribution in [-0.4, -0.2) is 9.97 Å². The minimum atomic E-state index is -0.308. The molecule has 0 amide bonds. The molecular weight excluding hydrogens is 237 g/mol. The summed E-state index contributed by atoms with van der Waals surface area (Å²) in [5.41, 5.74) is 7.59. The molecule has 0 aliphatic rings. The number of nitrogen functional groups attached to an aromatic ring is 1. The summed E-state index contributed by atoms with van der Waals surface area (Å²) in [6, 6.07) is 1.50. The van der Waals surface area contributed by atoms with Gasteiger partial charge >= 0.3 is 0 Å². The van der Waals surface area contributed by atoms with Crippen molar-refractivity contribution in [2.45, 2.75) is 26.2 Å². The molecule has 17 heavy (non-hydrogen) atoms. The summed E-state index contributed by atoms with van der Waals surface area (Å²) in [5, 5.41) is 0.577. The number of aromatic nitrogens is 2. The predicted molar refractivity (Wildman–Crippen MR) is 67.5 cm³/mol. The number of aryl methyl sites for hydroxylation is 1. The van der Waals surface area contributed by atoms with Crippen LogP contribution in [0, 0.1) is 5.82 Å². The second-order valence-corrected chi connectivity index (χ2v) is 4.98. The molecule has 0 radical (unpaired) electrons. The Balaban J connectivity index is 2.23. The summed E-state index contributed by atoms with van der Waals surface area (Å²) in [6.07, 6.45) is 5.46. The van der Waals surface area contributed by atoms with E-state index in [1.807, 2.05) is 0 Å². The molecule has 0 aliphatic heterocycles. The van der Waals surface area contributed by atoms with Gasteiger partial charge in [-0.25, -0.2) is 9.37 Å². The Kier molecular flexibility index (Phi) is 3.68. The van der Waals surface area contributed by atoms with E-state index in [0.717, 1.165) is 29.0 Å². The summed E-state index contributed by atoms with van der Waals surface area (Å²) < 4.78 is 13.0. The summed E-state index contributed by atoms with van der Waals surface area (Å²) in [7, 11) is 0. The lowest BCUT2D eigenvalue weighted by atomic mass is 10.1. The lowest BCUT2D eigenvalue weighted by Gasteiger charge is -2.01. The van der Waals surface area contributed by atoms with Crippen molar-refractivity contribution >= 4 is 16.5 Å². The van der Waals surface area contributed by atoms with Gasteiger partial charge in [0.2, 0.25) is 0 Å². The summed E-state index contributed by atoms with van der Waals surface area (Å²) in [4.78, 5) is 9.25. The second kappa shape index (κ2) is 5.23. The largest absolute Gasteiger partial charge is 0.375 e. The lowest BCUT2D eigenvalue weighted by Crippen LogP contribution is -1.94. The van der Waals surface area contributed by atoms with Gasteiger partial charge in [-0.2, -0.15) is 0 Å². The molecule has 0 unspecified atom stereocenters. The predicted octanol–water partition coefficient (Wildman–Crippen LogP) is 2.80. The van der Waals surface area contributed by atoms with Crippen molar-refractivity contribution in [2.75, 3.05) is 5.73 Å². The maximum Gasteiger partial charge on any atom is 0.180 e. The first-order valence-corrected chi connectivity index (χ1v) is 6.34. The van der Waals surface area contributed by atoms with Crippen molar-refractivity contribution in [3.05, 3.63) is 40.4 Å². The number of pyridine rings is 1. The molecule has 0 spiro atoms. The Labute approximate surface area is 104 Å². The van der Waals surface area contributed by atoms with Crippen LogP contribution in [0.15, 0.2) is 18.5 Å². The van der Waals surface area contributed by atoms with Gasteiger partial charge in [0.05, 0.1) is 11.9 Å². The fourth-order valence-electron chi connectivity index (χ4n) is 1.71. The van der Waals surface area contributed by atoms with Crippen LogP contribution in [0.1, 0.15) is 29.5 Å². The number of rotatable bonds is 4. The minimum absolute atomic E-state index is 0.308. The van der Waals surface area contributed by atoms with Crippen molar-refractivity contribution in [1.29, 1.82) is 0 Å². The van der Waals surface area contributed by atoms with Crippen molar-refractivity contribution < 1.29 is 4.39 Å². The summed E-state index contributed by atoms with van der Waals surface area (Å²) in [5.74, 6) is -0.308. The average Bonchev–Trinajstić information content (AvgIpc) is 2.59. The number of anilines is 1. The summed E-state index contributed by atoms with van der Waals surface area (Å²) >= 11 is 1.47. The Hall–Kier alpha value is -1.49. The fraction of sp³-hybridized carbons (Fsp3) is 0.333. The van der Waals surface area contributed by atoms with E-state index in [9.17, 15) is 4.39 Å². The van der Waals surface area contributed by atoms with Crippen LogP contribution in [0.3, 0.4) is 0 Å². The van der Waals surface area contributed by atoms with Gasteiger partial charge in [0.1, 0.15) is 5.82 Å². The molecule has 2 rings (SSSR count). The van der Waals surface area contributed by atoms with E-state index >= 15 is 0 Å². The number of hydrogen-bond acceptors (Lipinski definition) is 4. The molecule has 0 fully saturated rings. The molecule has 0 aliphatic carbocycles. The molecule has 0 aromatic carbocycles. The Morgan fingerprint density at radius 2 is 2.24 bits per heavy atom. The molecule has 90 valence electrons. The van der Waals surface area contributed by atoms with Crippen LogP contribution in [0.2, 0.25) is 0 Å². The van der Waals surface area contributed by atoms with E-state index in [1.165, 1.54) is 23.6 Å².